The van der Waals surface area contributed by atoms with Crippen LogP contribution in [0.4, 0.5) is 0 Å². The molecule has 0 spiro atoms. The van der Waals surface area contributed by atoms with E-state index < -0.39 is 0 Å². The Morgan fingerprint density at radius 1 is 0.688 bits per heavy atom. The third-order valence-corrected chi connectivity index (χ3v) is 7.51. The maximum Gasteiger partial charge on any atom is -1.00 e. The molecule has 1 aliphatic rings. The van der Waals surface area contributed by atoms with Gasteiger partial charge in [-0.3, -0.25) is 0 Å². The van der Waals surface area contributed by atoms with Crippen molar-refractivity contribution in [1.29, 1.82) is 0 Å². The predicted molar refractivity (Wildman–Crippen MR) is 119 cm³/mol. The fraction of sp³-hybridized carbons (Fsp3) is 0.214. The molecular formula is C28H27Cl3Ti. The summed E-state index contributed by atoms with van der Waals surface area (Å²) in [6, 6.07) is 33.2. The Labute approximate surface area is 223 Å². The standard InChI is InChI=1S/C28H27.3ClH.Ti/c1-2-3-14-23-15-13-22-27(23)28(24-16-7-4-8-17-24,25-18-9-5-10-19-25)26-20-11-6-12-21-26;;;;/h4-13,15-22H,2-3,14H2,1H3;3*1H;/q;;;;+3/p-3. The van der Waals surface area contributed by atoms with E-state index >= 15 is 0 Å². The van der Waals surface area contributed by atoms with Crippen LogP contribution < -0.4 is 37.2 Å². The summed E-state index contributed by atoms with van der Waals surface area (Å²) in [5.41, 5.74) is 5.26. The number of halogens is 3. The summed E-state index contributed by atoms with van der Waals surface area (Å²) in [6.45, 7) is 2.28. The summed E-state index contributed by atoms with van der Waals surface area (Å²) in [7, 11) is 0. The molecule has 0 heterocycles. The van der Waals surface area contributed by atoms with Crippen molar-refractivity contribution in [1.82, 2.24) is 0 Å². The molecule has 3 aromatic rings. The van der Waals surface area contributed by atoms with Gasteiger partial charge < -0.3 is 37.2 Å². The van der Waals surface area contributed by atoms with E-state index in [4.69, 9.17) is 0 Å². The van der Waals surface area contributed by atoms with Crippen molar-refractivity contribution in [2.75, 3.05) is 0 Å². The first-order chi connectivity index (χ1) is 14.2. The van der Waals surface area contributed by atoms with E-state index in [2.05, 4.69) is 137 Å². The fourth-order valence-electron chi connectivity index (χ4n) is 4.81. The minimum Gasteiger partial charge on any atom is -1.00 e. The van der Waals surface area contributed by atoms with Crippen molar-refractivity contribution >= 4 is 0 Å². The molecule has 0 amide bonds. The minimum absolute atomic E-state index is 0. The Morgan fingerprint density at radius 2 is 1.09 bits per heavy atom. The molecule has 0 saturated carbocycles. The van der Waals surface area contributed by atoms with Crippen molar-refractivity contribution in [2.24, 2.45) is 0 Å². The summed E-state index contributed by atoms with van der Waals surface area (Å²) in [6.07, 6.45) is 10.6. The third kappa shape index (κ3) is 4.96. The second kappa shape index (κ2) is 12.8. The molecule has 0 bridgehead atoms. The van der Waals surface area contributed by atoms with Crippen LogP contribution in [0.3, 0.4) is 0 Å². The maximum absolute atomic E-state index is 2.44. The molecule has 0 radical (unpaired) electrons. The largest absolute Gasteiger partial charge is 1.00 e. The van der Waals surface area contributed by atoms with Gasteiger partial charge in [-0.15, -0.1) is 0 Å². The zero-order chi connectivity index (χ0) is 20.2. The molecule has 164 valence electrons. The van der Waals surface area contributed by atoms with E-state index in [1.54, 1.807) is 0 Å². The Hall–Kier alpha value is -1.28. The van der Waals surface area contributed by atoms with Crippen molar-refractivity contribution in [2.45, 2.75) is 35.3 Å². The Balaban J connectivity index is 0.00000171. The molecule has 0 fully saturated rings. The predicted octanol–water partition coefficient (Wildman–Crippen LogP) is -1.58. The molecule has 1 unspecified atom stereocenters. The van der Waals surface area contributed by atoms with Gasteiger partial charge in [0, 0.05) is 0 Å². The average Bonchev–Trinajstić information content (AvgIpc) is 3.16. The van der Waals surface area contributed by atoms with Crippen molar-refractivity contribution in [3.05, 3.63) is 131 Å². The number of rotatable bonds is 7. The van der Waals surface area contributed by atoms with Crippen LogP contribution in [0, 0.1) is 0 Å². The van der Waals surface area contributed by atoms with E-state index in [1.165, 1.54) is 35.1 Å². The molecule has 4 rings (SSSR count). The zero-order valence-corrected chi connectivity index (χ0v) is 22.0. The van der Waals surface area contributed by atoms with E-state index in [0.717, 1.165) is 6.42 Å². The van der Waals surface area contributed by atoms with Crippen LogP contribution in [0.2, 0.25) is 3.72 Å². The van der Waals surface area contributed by atoms with Gasteiger partial charge in [0.25, 0.3) is 0 Å². The molecule has 32 heavy (non-hydrogen) atoms. The van der Waals surface area contributed by atoms with Crippen LogP contribution in [-0.2, 0) is 25.9 Å². The van der Waals surface area contributed by atoms with Crippen LogP contribution in [0.5, 0.6) is 0 Å². The first kappa shape index (κ1) is 28.8. The first-order valence-corrected chi connectivity index (χ1v) is 11.3. The zero-order valence-electron chi connectivity index (χ0n) is 18.1. The summed E-state index contributed by atoms with van der Waals surface area (Å²) in [5.74, 6) is 0. The maximum atomic E-state index is 2.44. The topological polar surface area (TPSA) is 0 Å². The molecule has 0 nitrogen and oxygen atoms in total. The van der Waals surface area contributed by atoms with Crippen LogP contribution in [0.15, 0.2) is 115 Å². The van der Waals surface area contributed by atoms with Gasteiger partial charge in [-0.05, 0) is 0 Å². The van der Waals surface area contributed by atoms with Crippen LogP contribution >= 0.6 is 0 Å². The summed E-state index contributed by atoms with van der Waals surface area (Å²) >= 11 is 2.44. The molecule has 0 aliphatic heterocycles. The van der Waals surface area contributed by atoms with Gasteiger partial charge in [0.15, 0.2) is 0 Å². The fourth-order valence-corrected chi connectivity index (χ4v) is 5.96. The number of hydrogen-bond acceptors (Lipinski definition) is 0. The summed E-state index contributed by atoms with van der Waals surface area (Å²) in [5, 5.41) is 0. The monoisotopic (exact) mass is 516 g/mol. The Kier molecular flexibility index (Phi) is 11.5. The second-order valence-electron chi connectivity index (χ2n) is 7.81. The molecule has 1 atom stereocenters. The number of hydrogen-bond donors (Lipinski definition) is 0. The summed E-state index contributed by atoms with van der Waals surface area (Å²) < 4.78 is -0.133. The minimum atomic E-state index is -0.288. The third-order valence-electron chi connectivity index (χ3n) is 6.16. The molecule has 0 N–H and O–H groups in total. The normalized spacial score (nSPS) is 16.9. The number of benzene rings is 3. The van der Waals surface area contributed by atoms with E-state index in [9.17, 15) is 0 Å². The Morgan fingerprint density at radius 3 is 1.47 bits per heavy atom. The van der Waals surface area contributed by atoms with Gasteiger partial charge in [0.2, 0.25) is 0 Å². The molecule has 3 aromatic carbocycles. The smallest absolute Gasteiger partial charge is 1.00 e. The average molecular weight is 518 g/mol. The molecular weight excluding hydrogens is 491 g/mol. The van der Waals surface area contributed by atoms with E-state index in [-0.39, 0.29) is 46.4 Å². The molecule has 0 saturated heterocycles. The van der Waals surface area contributed by atoms with Gasteiger partial charge >= 0.3 is 187 Å². The van der Waals surface area contributed by atoms with E-state index in [0.29, 0.717) is 0 Å². The van der Waals surface area contributed by atoms with Crippen LogP contribution in [0.1, 0.15) is 42.9 Å². The van der Waals surface area contributed by atoms with Crippen molar-refractivity contribution in [3.63, 3.8) is 0 Å². The van der Waals surface area contributed by atoms with Gasteiger partial charge in [-0.25, -0.2) is 0 Å². The first-order valence-electron chi connectivity index (χ1n) is 10.5. The van der Waals surface area contributed by atoms with Gasteiger partial charge in [-0.2, -0.15) is 0 Å². The summed E-state index contributed by atoms with van der Waals surface area (Å²) in [4.78, 5) is 0. The molecule has 4 heteroatoms. The van der Waals surface area contributed by atoms with Gasteiger partial charge in [0.05, 0.1) is 0 Å². The number of allylic oxidation sites excluding steroid dienone is 4. The van der Waals surface area contributed by atoms with Gasteiger partial charge in [0.1, 0.15) is 0 Å². The van der Waals surface area contributed by atoms with E-state index in [1.807, 2.05) is 0 Å². The molecule has 1 aliphatic carbocycles. The second-order valence-corrected chi connectivity index (χ2v) is 9.04. The SMILES string of the molecule is CCCCC1=CC=C[C]1([Ti+3])C(c1ccccc1)(c1ccccc1)c1ccccc1.[Cl-].[Cl-].[Cl-]. The van der Waals surface area contributed by atoms with Crippen molar-refractivity contribution < 1.29 is 57.7 Å². The van der Waals surface area contributed by atoms with Crippen LogP contribution in [0.25, 0.3) is 0 Å². The Bertz CT molecular complexity index is 904. The number of unbranched alkanes of at least 4 members (excludes halogenated alkanes) is 1. The van der Waals surface area contributed by atoms with Crippen molar-refractivity contribution in [3.8, 4) is 0 Å². The van der Waals surface area contributed by atoms with Crippen LogP contribution in [-0.4, -0.2) is 0 Å². The van der Waals surface area contributed by atoms with Gasteiger partial charge in [-0.1, -0.05) is 0 Å². The quantitative estimate of drug-likeness (QED) is 0.262. The molecule has 0 aromatic heterocycles.